The molecule has 1 aromatic rings. The van der Waals surface area contributed by atoms with Gasteiger partial charge in [-0.15, -0.1) is 0 Å². The van der Waals surface area contributed by atoms with Crippen molar-refractivity contribution >= 4 is 29.8 Å². The van der Waals surface area contributed by atoms with Crippen molar-refractivity contribution in [1.29, 1.82) is 0 Å². The molecule has 0 amide bonds. The van der Waals surface area contributed by atoms with Gasteiger partial charge in [0, 0.05) is 5.22 Å². The van der Waals surface area contributed by atoms with E-state index in [0.29, 0.717) is 22.0 Å². The summed E-state index contributed by atoms with van der Waals surface area (Å²) in [6.45, 7) is 11.1. The first-order chi connectivity index (χ1) is 9.54. The Morgan fingerprint density at radius 3 is 2.50 bits per heavy atom. The lowest BCUT2D eigenvalue weighted by Crippen LogP contribution is -2.30. The fraction of sp³-hybridized carbons (Fsp3) is 0.125. The van der Waals surface area contributed by atoms with Crippen LogP contribution < -0.4 is 10.6 Å². The van der Waals surface area contributed by atoms with Gasteiger partial charge in [0.05, 0.1) is 10.9 Å². The maximum absolute atomic E-state index is 9.88. The van der Waals surface area contributed by atoms with Crippen LogP contribution in [0.1, 0.15) is 19.7 Å². The van der Waals surface area contributed by atoms with Crippen molar-refractivity contribution in [2.45, 2.75) is 13.8 Å². The lowest BCUT2D eigenvalue weighted by molar-refractivity contribution is 0.436. The van der Waals surface area contributed by atoms with Gasteiger partial charge in [-0.05, 0) is 26.0 Å². The van der Waals surface area contributed by atoms with Crippen molar-refractivity contribution in [2.24, 2.45) is 0 Å². The number of aliphatic hydroxyl groups excluding tert-OH is 1. The number of aliphatic hydroxyl groups is 1. The van der Waals surface area contributed by atoms with E-state index in [1.165, 1.54) is 0 Å². The third-order valence-electron chi connectivity index (χ3n) is 2.51. The Morgan fingerprint density at radius 2 is 2.00 bits per heavy atom. The lowest BCUT2D eigenvalue weighted by atomic mass is 10.1. The summed E-state index contributed by atoms with van der Waals surface area (Å²) in [5.74, 6) is 0.374. The molecule has 1 heterocycles. The van der Waals surface area contributed by atoms with Crippen molar-refractivity contribution in [3.8, 4) is 0 Å². The van der Waals surface area contributed by atoms with Gasteiger partial charge in [0.25, 0.3) is 0 Å². The van der Waals surface area contributed by atoms with Crippen molar-refractivity contribution in [1.82, 2.24) is 9.97 Å². The first-order valence-corrected chi connectivity index (χ1v) is 6.47. The molecule has 1 aromatic heterocycles. The molecule has 0 atom stereocenters. The standard InChI is InChI=1S/C16H17ClN2O/c1-5-8-10-12-11(4)18-16(19-15(12)17)13(9-6-2)14(20)7-3/h5-10,20H,2,4H2,1,3H3/b8-5-,12-10+,13-9+,14-7+. The summed E-state index contributed by atoms with van der Waals surface area (Å²) < 4.78 is 0. The Balaban J connectivity index is 3.55. The first-order valence-electron chi connectivity index (χ1n) is 6.09. The summed E-state index contributed by atoms with van der Waals surface area (Å²) in [4.78, 5) is 8.49. The van der Waals surface area contributed by atoms with Gasteiger partial charge in [-0.1, -0.05) is 49.1 Å². The molecule has 0 bridgehead atoms. The molecular weight excluding hydrogens is 272 g/mol. The zero-order chi connectivity index (χ0) is 15.1. The summed E-state index contributed by atoms with van der Waals surface area (Å²) in [7, 11) is 0. The number of halogens is 1. The quantitative estimate of drug-likeness (QED) is 0.526. The normalized spacial score (nSPS) is 14.1. The van der Waals surface area contributed by atoms with E-state index in [-0.39, 0.29) is 10.9 Å². The topological polar surface area (TPSA) is 46.0 Å². The van der Waals surface area contributed by atoms with E-state index in [4.69, 9.17) is 11.6 Å². The Hall–Kier alpha value is -2.13. The molecule has 0 saturated heterocycles. The predicted octanol–water partition coefficient (Wildman–Crippen LogP) is 2.93. The number of nitrogens with zero attached hydrogens (tertiary/aromatic N) is 2. The molecule has 0 radical (unpaired) electrons. The predicted molar refractivity (Wildman–Crippen MR) is 85.7 cm³/mol. The molecular formula is C16H17ClN2O. The maximum Gasteiger partial charge on any atom is 0.165 e. The van der Waals surface area contributed by atoms with Gasteiger partial charge in [-0.25, -0.2) is 9.97 Å². The van der Waals surface area contributed by atoms with Gasteiger partial charge in [-0.3, -0.25) is 0 Å². The molecule has 3 nitrogen and oxygen atoms in total. The second-order valence-corrected chi connectivity index (χ2v) is 4.24. The summed E-state index contributed by atoms with van der Waals surface area (Å²) >= 11 is 6.15. The fourth-order valence-corrected chi connectivity index (χ4v) is 1.76. The molecule has 0 aromatic carbocycles. The molecule has 0 aliphatic carbocycles. The zero-order valence-electron chi connectivity index (χ0n) is 11.6. The molecule has 20 heavy (non-hydrogen) atoms. The molecule has 1 rings (SSSR count). The Kier molecular flexibility index (Phi) is 5.94. The minimum atomic E-state index is 0.0607. The van der Waals surface area contributed by atoms with Crippen molar-refractivity contribution in [3.63, 3.8) is 0 Å². The number of hydrogen-bond donors (Lipinski definition) is 1. The summed E-state index contributed by atoms with van der Waals surface area (Å²) in [5.41, 5.74) is 0.451. The molecule has 1 N–H and O–H groups in total. The van der Waals surface area contributed by atoms with E-state index in [0.717, 1.165) is 0 Å². The average Bonchev–Trinajstić information content (AvgIpc) is 2.43. The van der Waals surface area contributed by atoms with E-state index in [1.807, 2.05) is 19.1 Å². The Labute approximate surface area is 123 Å². The fourth-order valence-electron chi connectivity index (χ4n) is 1.51. The Bertz CT molecular complexity index is 700. The van der Waals surface area contributed by atoms with Crippen LogP contribution in [0, 0.1) is 0 Å². The highest BCUT2D eigenvalue weighted by Crippen LogP contribution is 2.17. The second kappa shape index (κ2) is 7.46. The van der Waals surface area contributed by atoms with Crippen LogP contribution in [0.2, 0.25) is 5.15 Å². The van der Waals surface area contributed by atoms with Crippen molar-refractivity contribution < 1.29 is 5.11 Å². The number of aromatic nitrogens is 2. The largest absolute Gasteiger partial charge is 0.508 e. The van der Waals surface area contributed by atoms with Crippen LogP contribution in [0.4, 0.5) is 0 Å². The minimum Gasteiger partial charge on any atom is -0.508 e. The maximum atomic E-state index is 9.88. The number of rotatable bonds is 4. The molecule has 0 unspecified atom stereocenters. The molecule has 0 saturated carbocycles. The van der Waals surface area contributed by atoms with E-state index >= 15 is 0 Å². The van der Waals surface area contributed by atoms with E-state index in [1.54, 1.807) is 31.2 Å². The van der Waals surface area contributed by atoms with Crippen LogP contribution in [-0.2, 0) is 0 Å². The van der Waals surface area contributed by atoms with Crippen molar-refractivity contribution in [3.05, 3.63) is 64.3 Å². The van der Waals surface area contributed by atoms with Gasteiger partial charge in [0.15, 0.2) is 5.82 Å². The van der Waals surface area contributed by atoms with Gasteiger partial charge < -0.3 is 5.11 Å². The SMILES string of the molecule is C=C/C=C(\C(O)=C/C)c1nc(Cl)/c(=C/C=C\C)c(=C)n1. The zero-order valence-corrected chi connectivity index (χ0v) is 12.4. The van der Waals surface area contributed by atoms with E-state index < -0.39 is 0 Å². The lowest BCUT2D eigenvalue weighted by Gasteiger charge is -2.05. The van der Waals surface area contributed by atoms with Crippen LogP contribution in [0.25, 0.3) is 18.2 Å². The highest BCUT2D eigenvalue weighted by Gasteiger charge is 2.10. The van der Waals surface area contributed by atoms with E-state index in [9.17, 15) is 5.11 Å². The van der Waals surface area contributed by atoms with Gasteiger partial charge >= 0.3 is 0 Å². The van der Waals surface area contributed by atoms with Crippen LogP contribution in [0.5, 0.6) is 0 Å². The van der Waals surface area contributed by atoms with Gasteiger partial charge in [0.1, 0.15) is 10.9 Å². The van der Waals surface area contributed by atoms with E-state index in [2.05, 4.69) is 23.1 Å². The van der Waals surface area contributed by atoms with Crippen LogP contribution in [0.3, 0.4) is 0 Å². The monoisotopic (exact) mass is 288 g/mol. The average molecular weight is 289 g/mol. The van der Waals surface area contributed by atoms with Crippen LogP contribution in [0.15, 0.2) is 42.7 Å². The molecule has 0 aliphatic rings. The molecule has 4 heteroatoms. The van der Waals surface area contributed by atoms with Crippen LogP contribution in [-0.4, -0.2) is 15.1 Å². The van der Waals surface area contributed by atoms with Crippen molar-refractivity contribution in [2.75, 3.05) is 0 Å². The van der Waals surface area contributed by atoms with Crippen LogP contribution >= 0.6 is 11.6 Å². The first kappa shape index (κ1) is 15.9. The molecule has 0 spiro atoms. The number of hydrogen-bond acceptors (Lipinski definition) is 3. The highest BCUT2D eigenvalue weighted by atomic mass is 35.5. The molecule has 104 valence electrons. The number of allylic oxidation sites excluding steroid dienone is 6. The minimum absolute atomic E-state index is 0.0607. The summed E-state index contributed by atoms with van der Waals surface area (Å²) in [6, 6.07) is 0. The summed E-state index contributed by atoms with van der Waals surface area (Å²) in [5, 5.41) is 11.3. The highest BCUT2D eigenvalue weighted by molar-refractivity contribution is 6.29. The third-order valence-corrected chi connectivity index (χ3v) is 2.80. The smallest absolute Gasteiger partial charge is 0.165 e. The molecule has 0 aliphatic heterocycles. The second-order valence-electron chi connectivity index (χ2n) is 3.88. The van der Waals surface area contributed by atoms with Gasteiger partial charge in [-0.2, -0.15) is 0 Å². The third kappa shape index (κ3) is 3.68. The Morgan fingerprint density at radius 1 is 1.30 bits per heavy atom. The summed E-state index contributed by atoms with van der Waals surface area (Å²) in [6.07, 6.45) is 10.2. The molecule has 0 fully saturated rings. The van der Waals surface area contributed by atoms with Gasteiger partial charge in [0.2, 0.25) is 0 Å².